The lowest BCUT2D eigenvalue weighted by Gasteiger charge is -1.98. The second-order valence-corrected chi connectivity index (χ2v) is 4.14. The third-order valence-corrected chi connectivity index (χ3v) is 2.35. The van der Waals surface area contributed by atoms with Gasteiger partial charge in [-0.15, -0.1) is 10.2 Å². The maximum Gasteiger partial charge on any atom is 0.252 e. The van der Waals surface area contributed by atoms with E-state index in [-0.39, 0.29) is 16.4 Å². The van der Waals surface area contributed by atoms with Crippen LogP contribution in [0.15, 0.2) is 10.6 Å². The van der Waals surface area contributed by atoms with Gasteiger partial charge in [0.2, 0.25) is 11.2 Å². The molecule has 0 aromatic carbocycles. The Morgan fingerprint density at radius 2 is 2.00 bits per heavy atom. The van der Waals surface area contributed by atoms with Crippen LogP contribution in [0, 0.1) is 0 Å². The van der Waals surface area contributed by atoms with Crippen molar-refractivity contribution < 1.29 is 4.42 Å². The van der Waals surface area contributed by atoms with Gasteiger partial charge in [-0.2, -0.15) is 0 Å². The lowest BCUT2D eigenvalue weighted by atomic mass is 10.2. The van der Waals surface area contributed by atoms with E-state index in [1.165, 1.54) is 6.20 Å². The third kappa shape index (κ3) is 2.15. The van der Waals surface area contributed by atoms with E-state index >= 15 is 0 Å². The first kappa shape index (κ1) is 11.3. The first-order valence-corrected chi connectivity index (χ1v) is 5.35. The topological polar surface area (TPSA) is 64.7 Å². The monoisotopic (exact) mass is 258 g/mol. The fourth-order valence-corrected chi connectivity index (χ4v) is 1.45. The van der Waals surface area contributed by atoms with Gasteiger partial charge in [0.1, 0.15) is 5.15 Å². The van der Waals surface area contributed by atoms with E-state index in [4.69, 9.17) is 27.6 Å². The second kappa shape index (κ2) is 4.35. The quantitative estimate of drug-likeness (QED) is 0.612. The molecule has 0 aliphatic heterocycles. The fraction of sp³-hybridized carbons (Fsp3) is 0.333. The summed E-state index contributed by atoms with van der Waals surface area (Å²) in [6, 6.07) is 0. The first-order valence-electron chi connectivity index (χ1n) is 4.59. The zero-order valence-corrected chi connectivity index (χ0v) is 10.1. The summed E-state index contributed by atoms with van der Waals surface area (Å²) < 4.78 is 5.42. The van der Waals surface area contributed by atoms with Crippen LogP contribution in [0.1, 0.15) is 25.7 Å². The molecule has 7 heteroatoms. The van der Waals surface area contributed by atoms with E-state index in [1.807, 2.05) is 13.8 Å². The minimum atomic E-state index is 0.0809. The minimum Gasteiger partial charge on any atom is -0.420 e. The van der Waals surface area contributed by atoms with E-state index in [1.54, 1.807) is 0 Å². The van der Waals surface area contributed by atoms with Gasteiger partial charge in [0.05, 0.1) is 5.56 Å². The normalized spacial score (nSPS) is 11.1. The van der Waals surface area contributed by atoms with E-state index in [0.717, 1.165) is 0 Å². The molecule has 0 unspecified atom stereocenters. The van der Waals surface area contributed by atoms with Crippen LogP contribution in [-0.2, 0) is 0 Å². The third-order valence-electron chi connectivity index (χ3n) is 1.88. The van der Waals surface area contributed by atoms with Gasteiger partial charge in [0, 0.05) is 12.1 Å². The van der Waals surface area contributed by atoms with Crippen molar-refractivity contribution in [2.45, 2.75) is 19.8 Å². The molecule has 0 fully saturated rings. The van der Waals surface area contributed by atoms with Crippen LogP contribution in [0.2, 0.25) is 10.4 Å². The first-order chi connectivity index (χ1) is 7.58. The van der Waals surface area contributed by atoms with E-state index in [2.05, 4.69) is 20.2 Å². The Hall–Kier alpha value is -1.20. The van der Waals surface area contributed by atoms with Crippen LogP contribution >= 0.6 is 23.2 Å². The van der Waals surface area contributed by atoms with Crippen LogP contribution < -0.4 is 0 Å². The number of hydrogen-bond donors (Lipinski definition) is 0. The van der Waals surface area contributed by atoms with Crippen LogP contribution in [-0.4, -0.2) is 20.2 Å². The molecule has 84 valence electrons. The molecule has 2 heterocycles. The van der Waals surface area contributed by atoms with Gasteiger partial charge in [-0.1, -0.05) is 25.4 Å². The summed E-state index contributed by atoms with van der Waals surface area (Å²) in [4.78, 5) is 7.61. The van der Waals surface area contributed by atoms with Gasteiger partial charge < -0.3 is 4.42 Å². The Labute approximate surface area is 102 Å². The second-order valence-electron chi connectivity index (χ2n) is 3.44. The Kier molecular flexibility index (Phi) is 3.07. The summed E-state index contributed by atoms with van der Waals surface area (Å²) in [7, 11) is 0. The van der Waals surface area contributed by atoms with Crippen molar-refractivity contribution in [2.24, 2.45) is 0 Å². The molecule has 0 atom stereocenters. The molecule has 0 amide bonds. The average Bonchev–Trinajstić information content (AvgIpc) is 2.66. The van der Waals surface area contributed by atoms with Crippen molar-refractivity contribution >= 4 is 23.2 Å². The van der Waals surface area contributed by atoms with Crippen molar-refractivity contribution in [3.8, 4) is 11.5 Å². The largest absolute Gasteiger partial charge is 0.420 e. The molecule has 0 N–H and O–H groups in total. The van der Waals surface area contributed by atoms with Gasteiger partial charge in [-0.05, 0) is 11.6 Å². The molecule has 0 saturated heterocycles. The molecule has 5 nitrogen and oxygen atoms in total. The highest BCUT2D eigenvalue weighted by Crippen LogP contribution is 2.26. The lowest BCUT2D eigenvalue weighted by Crippen LogP contribution is -1.87. The predicted molar refractivity (Wildman–Crippen MR) is 59.4 cm³/mol. The van der Waals surface area contributed by atoms with E-state index in [0.29, 0.717) is 17.3 Å². The number of nitrogens with zero attached hydrogens (tertiary/aromatic N) is 4. The number of rotatable bonds is 2. The van der Waals surface area contributed by atoms with Crippen LogP contribution in [0.4, 0.5) is 0 Å². The summed E-state index contributed by atoms with van der Waals surface area (Å²) >= 11 is 11.5. The molecule has 0 radical (unpaired) electrons. The van der Waals surface area contributed by atoms with Gasteiger partial charge in [-0.3, -0.25) is 0 Å². The molecule has 0 bridgehead atoms. The van der Waals surface area contributed by atoms with Gasteiger partial charge in [0.25, 0.3) is 5.89 Å². The highest BCUT2D eigenvalue weighted by Gasteiger charge is 2.15. The van der Waals surface area contributed by atoms with Crippen LogP contribution in [0.25, 0.3) is 11.5 Å². The molecule has 2 rings (SSSR count). The summed E-state index contributed by atoms with van der Waals surface area (Å²) in [5.41, 5.74) is 0.477. The smallest absolute Gasteiger partial charge is 0.252 e. The molecular formula is C9H8Cl2N4O. The Morgan fingerprint density at radius 3 is 2.56 bits per heavy atom. The highest BCUT2D eigenvalue weighted by atomic mass is 35.5. The Morgan fingerprint density at radius 1 is 1.25 bits per heavy atom. The SMILES string of the molecule is CC(C)c1nnc(-c2cnc(Cl)nc2Cl)o1. The average molecular weight is 259 g/mol. The molecule has 0 aliphatic carbocycles. The zero-order chi connectivity index (χ0) is 11.7. The van der Waals surface area contributed by atoms with Gasteiger partial charge in [-0.25, -0.2) is 9.97 Å². The minimum absolute atomic E-state index is 0.0809. The lowest BCUT2D eigenvalue weighted by molar-refractivity contribution is 0.480. The van der Waals surface area contributed by atoms with Gasteiger partial charge in [0.15, 0.2) is 0 Å². The summed E-state index contributed by atoms with van der Waals surface area (Å²) in [6.07, 6.45) is 1.45. The molecule has 0 spiro atoms. The fourth-order valence-electron chi connectivity index (χ4n) is 1.06. The Bertz CT molecular complexity index is 512. The van der Waals surface area contributed by atoms with Crippen LogP contribution in [0.5, 0.6) is 0 Å². The van der Waals surface area contributed by atoms with Crippen LogP contribution in [0.3, 0.4) is 0 Å². The Balaban J connectivity index is 2.42. The van der Waals surface area contributed by atoms with Crippen molar-refractivity contribution in [1.82, 2.24) is 20.2 Å². The molecule has 0 aliphatic rings. The van der Waals surface area contributed by atoms with E-state index in [9.17, 15) is 0 Å². The van der Waals surface area contributed by atoms with Gasteiger partial charge >= 0.3 is 0 Å². The summed E-state index contributed by atoms with van der Waals surface area (Å²) in [6.45, 7) is 3.91. The highest BCUT2D eigenvalue weighted by molar-refractivity contribution is 6.33. The number of aromatic nitrogens is 4. The van der Waals surface area contributed by atoms with Crippen molar-refractivity contribution in [2.75, 3.05) is 0 Å². The molecule has 0 saturated carbocycles. The van der Waals surface area contributed by atoms with E-state index < -0.39 is 0 Å². The van der Waals surface area contributed by atoms with Crippen molar-refractivity contribution in [1.29, 1.82) is 0 Å². The van der Waals surface area contributed by atoms with Crippen molar-refractivity contribution in [3.63, 3.8) is 0 Å². The maximum atomic E-state index is 5.89. The molecular weight excluding hydrogens is 251 g/mol. The maximum absolute atomic E-state index is 5.89. The molecule has 16 heavy (non-hydrogen) atoms. The summed E-state index contributed by atoms with van der Waals surface area (Å²) in [5.74, 6) is 1.000. The van der Waals surface area contributed by atoms with Crippen molar-refractivity contribution in [3.05, 3.63) is 22.5 Å². The number of halogens is 2. The molecule has 2 aromatic rings. The summed E-state index contributed by atoms with van der Waals surface area (Å²) in [5, 5.41) is 8.04. The number of hydrogen-bond acceptors (Lipinski definition) is 5. The zero-order valence-electron chi connectivity index (χ0n) is 8.61. The standard InChI is InChI=1S/C9H8Cl2N4O/c1-4(2)7-14-15-8(16-7)5-3-12-9(11)13-6(5)10/h3-4H,1-2H3. The predicted octanol–water partition coefficient (Wildman–Crippen LogP) is 2.96. The molecule has 2 aromatic heterocycles.